The Hall–Kier alpha value is -3.91. The number of imidazole rings is 1. The van der Waals surface area contributed by atoms with E-state index in [-0.39, 0.29) is 18.1 Å². The number of carbonyl (C=O) groups is 1. The second kappa shape index (κ2) is 9.52. The summed E-state index contributed by atoms with van der Waals surface area (Å²) in [5.74, 6) is 0.517. The number of carbonyl (C=O) groups excluding carboxylic acids is 1. The number of methoxy groups -OCH3 is 1. The number of rotatable bonds is 6. The fourth-order valence-corrected chi connectivity index (χ4v) is 4.62. The summed E-state index contributed by atoms with van der Waals surface area (Å²) in [7, 11) is 1.55. The van der Waals surface area contributed by atoms with Crippen LogP contribution < -0.4 is 10.9 Å². The van der Waals surface area contributed by atoms with Crippen LogP contribution in [-0.2, 0) is 9.53 Å². The van der Waals surface area contributed by atoms with Gasteiger partial charge >= 0.3 is 0 Å². The molecule has 174 valence electrons. The number of hydrogen-bond acceptors (Lipinski definition) is 5. The van der Waals surface area contributed by atoms with E-state index >= 15 is 0 Å². The number of hydrogen-bond donors (Lipinski definition) is 2. The minimum atomic E-state index is -0.139. The quantitative estimate of drug-likeness (QED) is 0.460. The van der Waals surface area contributed by atoms with Gasteiger partial charge in [0, 0.05) is 56.1 Å². The summed E-state index contributed by atoms with van der Waals surface area (Å²) in [5, 5.41) is 3.47. The van der Waals surface area contributed by atoms with Gasteiger partial charge in [-0.3, -0.25) is 14.0 Å². The van der Waals surface area contributed by atoms with Crippen LogP contribution in [0.5, 0.6) is 0 Å². The van der Waals surface area contributed by atoms with Crippen molar-refractivity contribution in [3.05, 3.63) is 83.0 Å². The Morgan fingerprint density at radius 2 is 1.94 bits per heavy atom. The Kier molecular flexibility index (Phi) is 6.14. The number of fused-ring (bicyclic) bond motifs is 1. The van der Waals surface area contributed by atoms with Gasteiger partial charge in [-0.1, -0.05) is 12.1 Å². The van der Waals surface area contributed by atoms with Gasteiger partial charge < -0.3 is 19.9 Å². The van der Waals surface area contributed by atoms with Crippen molar-refractivity contribution in [1.82, 2.24) is 19.3 Å². The van der Waals surface area contributed by atoms with Crippen molar-refractivity contribution in [3.8, 4) is 11.3 Å². The molecule has 4 heterocycles. The molecule has 0 bridgehead atoms. The first-order valence-corrected chi connectivity index (χ1v) is 11.4. The number of likely N-dealkylation sites (tertiary alicyclic amines) is 1. The van der Waals surface area contributed by atoms with E-state index in [0.717, 1.165) is 54.2 Å². The lowest BCUT2D eigenvalue weighted by atomic mass is 9.89. The number of aromatic nitrogens is 3. The summed E-state index contributed by atoms with van der Waals surface area (Å²) in [6, 6.07) is 15.9. The molecule has 3 aromatic heterocycles. The lowest BCUT2D eigenvalue weighted by Gasteiger charge is -2.32. The molecule has 4 aromatic rings. The summed E-state index contributed by atoms with van der Waals surface area (Å²) in [4.78, 5) is 32.8. The molecule has 1 aromatic carbocycles. The molecule has 0 unspecified atom stereocenters. The summed E-state index contributed by atoms with van der Waals surface area (Å²) in [6.07, 6.45) is 7.21. The van der Waals surface area contributed by atoms with E-state index in [2.05, 4.69) is 39.6 Å². The SMILES string of the molecule is COCC(=O)N1CCC(c2ccc(Nc3ccc(-c4cc[nH]c(=O)c4)n4ccnc34)cc2)CC1. The Labute approximate surface area is 197 Å². The molecule has 0 aliphatic carbocycles. The van der Waals surface area contributed by atoms with Gasteiger partial charge in [0.2, 0.25) is 11.5 Å². The van der Waals surface area contributed by atoms with E-state index in [1.54, 1.807) is 25.6 Å². The number of aromatic amines is 1. The summed E-state index contributed by atoms with van der Waals surface area (Å²) in [6.45, 7) is 1.69. The van der Waals surface area contributed by atoms with E-state index in [9.17, 15) is 9.59 Å². The summed E-state index contributed by atoms with van der Waals surface area (Å²) < 4.78 is 6.94. The third-order valence-corrected chi connectivity index (χ3v) is 6.40. The highest BCUT2D eigenvalue weighted by molar-refractivity contribution is 5.78. The molecule has 5 rings (SSSR count). The molecule has 0 radical (unpaired) electrons. The van der Waals surface area contributed by atoms with Crippen LogP contribution in [0.25, 0.3) is 16.9 Å². The lowest BCUT2D eigenvalue weighted by Crippen LogP contribution is -2.39. The molecule has 0 atom stereocenters. The first-order valence-electron chi connectivity index (χ1n) is 11.4. The molecular formula is C26H27N5O3. The number of nitrogens with one attached hydrogen (secondary N) is 2. The molecule has 1 aliphatic heterocycles. The van der Waals surface area contributed by atoms with E-state index in [0.29, 0.717) is 5.92 Å². The van der Waals surface area contributed by atoms with Crippen LogP contribution in [0, 0.1) is 0 Å². The smallest absolute Gasteiger partial charge is 0.248 e. The van der Waals surface area contributed by atoms with Gasteiger partial charge in [-0.15, -0.1) is 0 Å². The number of pyridine rings is 2. The minimum Gasteiger partial charge on any atom is -0.375 e. The van der Waals surface area contributed by atoms with Gasteiger partial charge in [-0.05, 0) is 54.7 Å². The lowest BCUT2D eigenvalue weighted by molar-refractivity contribution is -0.136. The van der Waals surface area contributed by atoms with Crippen molar-refractivity contribution in [2.45, 2.75) is 18.8 Å². The summed E-state index contributed by atoms with van der Waals surface area (Å²) >= 11 is 0. The van der Waals surface area contributed by atoms with Gasteiger partial charge in [0.25, 0.3) is 0 Å². The number of nitrogens with zero attached hydrogens (tertiary/aromatic N) is 3. The zero-order chi connectivity index (χ0) is 23.5. The molecule has 8 heteroatoms. The van der Waals surface area contributed by atoms with Crippen LogP contribution in [0.2, 0.25) is 0 Å². The Morgan fingerprint density at radius 1 is 1.15 bits per heavy atom. The van der Waals surface area contributed by atoms with E-state index in [4.69, 9.17) is 4.74 Å². The highest BCUT2D eigenvalue weighted by Crippen LogP contribution is 2.31. The molecule has 8 nitrogen and oxygen atoms in total. The van der Waals surface area contributed by atoms with Gasteiger partial charge in [-0.25, -0.2) is 4.98 Å². The molecule has 2 N–H and O–H groups in total. The molecule has 0 saturated carbocycles. The van der Waals surface area contributed by atoms with Crippen LogP contribution in [0.4, 0.5) is 11.4 Å². The van der Waals surface area contributed by atoms with Crippen molar-refractivity contribution in [3.63, 3.8) is 0 Å². The van der Waals surface area contributed by atoms with Gasteiger partial charge in [-0.2, -0.15) is 0 Å². The maximum absolute atomic E-state index is 12.0. The van der Waals surface area contributed by atoms with Crippen molar-refractivity contribution in [2.24, 2.45) is 0 Å². The first kappa shape index (κ1) is 21.9. The molecule has 1 aliphatic rings. The third kappa shape index (κ3) is 4.45. The highest BCUT2D eigenvalue weighted by atomic mass is 16.5. The number of anilines is 2. The standard InChI is InChI=1S/C26H27N5O3/c1-34-17-25(33)30-13-9-19(10-14-30)18-2-4-21(5-3-18)29-22-6-7-23(31-15-12-28-26(22)31)20-8-11-27-24(32)16-20/h2-8,11-12,15-16,19,29H,9-10,13-14,17H2,1H3,(H,27,32). The normalized spacial score (nSPS) is 14.4. The second-order valence-electron chi connectivity index (χ2n) is 8.53. The fourth-order valence-electron chi connectivity index (χ4n) is 4.62. The molecular weight excluding hydrogens is 430 g/mol. The second-order valence-corrected chi connectivity index (χ2v) is 8.53. The minimum absolute atomic E-state index is 0.0656. The number of amides is 1. The number of ether oxygens (including phenoxy) is 1. The first-order chi connectivity index (χ1) is 16.6. The van der Waals surface area contributed by atoms with Gasteiger partial charge in [0.1, 0.15) is 6.61 Å². The van der Waals surface area contributed by atoms with Crippen molar-refractivity contribution in [1.29, 1.82) is 0 Å². The molecule has 1 fully saturated rings. The van der Waals surface area contributed by atoms with Gasteiger partial charge in [0.15, 0.2) is 5.65 Å². The van der Waals surface area contributed by atoms with Crippen LogP contribution in [0.1, 0.15) is 24.3 Å². The zero-order valence-electron chi connectivity index (χ0n) is 19.0. The Morgan fingerprint density at radius 3 is 2.68 bits per heavy atom. The van der Waals surface area contributed by atoms with Crippen LogP contribution in [0.15, 0.2) is 71.9 Å². The average molecular weight is 458 g/mol. The average Bonchev–Trinajstić information content (AvgIpc) is 3.36. The van der Waals surface area contributed by atoms with Gasteiger partial charge in [0.05, 0.1) is 11.4 Å². The predicted molar refractivity (Wildman–Crippen MR) is 131 cm³/mol. The van der Waals surface area contributed by atoms with Crippen molar-refractivity contribution < 1.29 is 9.53 Å². The number of benzene rings is 1. The zero-order valence-corrected chi connectivity index (χ0v) is 19.0. The van der Waals surface area contributed by atoms with E-state index in [1.165, 1.54) is 5.56 Å². The Balaban J connectivity index is 1.30. The van der Waals surface area contributed by atoms with Crippen molar-refractivity contribution >= 4 is 22.9 Å². The topological polar surface area (TPSA) is 91.7 Å². The van der Waals surface area contributed by atoms with E-state index in [1.807, 2.05) is 33.7 Å². The fraction of sp³-hybridized carbons (Fsp3) is 0.269. The number of H-pyrrole nitrogens is 1. The van der Waals surface area contributed by atoms with Crippen LogP contribution in [0.3, 0.4) is 0 Å². The molecule has 0 spiro atoms. The monoisotopic (exact) mass is 457 g/mol. The molecule has 1 amide bonds. The highest BCUT2D eigenvalue weighted by Gasteiger charge is 2.23. The van der Waals surface area contributed by atoms with Crippen LogP contribution >= 0.6 is 0 Å². The molecule has 34 heavy (non-hydrogen) atoms. The van der Waals surface area contributed by atoms with E-state index < -0.39 is 0 Å². The maximum Gasteiger partial charge on any atom is 0.248 e. The molecule has 1 saturated heterocycles. The van der Waals surface area contributed by atoms with Crippen molar-refractivity contribution in [2.75, 3.05) is 32.1 Å². The van der Waals surface area contributed by atoms with Crippen LogP contribution in [-0.4, -0.2) is 52.0 Å². The third-order valence-electron chi connectivity index (χ3n) is 6.40. The summed E-state index contributed by atoms with van der Waals surface area (Å²) in [5.41, 5.74) is 5.53. The largest absolute Gasteiger partial charge is 0.375 e. The number of piperidine rings is 1. The maximum atomic E-state index is 12.0. The Bertz CT molecular complexity index is 1350. The predicted octanol–water partition coefficient (Wildman–Crippen LogP) is 3.79.